The molecule has 0 spiro atoms. The monoisotopic (exact) mass is 363 g/mol. The van der Waals surface area contributed by atoms with Crippen LogP contribution < -0.4 is 5.32 Å². The first-order valence-corrected chi connectivity index (χ1v) is 9.72. The lowest BCUT2D eigenvalue weighted by Gasteiger charge is -2.34. The number of nitrogens with zero attached hydrogens (tertiary/aromatic N) is 2. The Balaban J connectivity index is 1.32. The maximum Gasteiger partial charge on any atom is 0.225 e. The average molecular weight is 364 g/mol. The molecule has 2 aromatic rings. The molecule has 142 valence electrons. The molecule has 1 fully saturated rings. The molecule has 1 aliphatic rings. The molecule has 4 nitrogen and oxygen atoms in total. The zero-order chi connectivity index (χ0) is 18.9. The van der Waals surface area contributed by atoms with E-state index in [4.69, 9.17) is 0 Å². The normalized spacial score (nSPS) is 15.9. The molecule has 0 atom stereocenters. The number of anilines is 1. The Bertz CT molecular complexity index is 732. The van der Waals surface area contributed by atoms with E-state index >= 15 is 0 Å². The van der Waals surface area contributed by atoms with E-state index in [0.29, 0.717) is 6.42 Å². The Hall–Kier alpha value is -2.43. The van der Waals surface area contributed by atoms with Gasteiger partial charge in [-0.2, -0.15) is 0 Å². The zero-order valence-corrected chi connectivity index (χ0v) is 16.1. The summed E-state index contributed by atoms with van der Waals surface area (Å²) >= 11 is 0. The molecule has 0 bridgehead atoms. The van der Waals surface area contributed by atoms with Crippen molar-refractivity contribution in [3.05, 3.63) is 71.8 Å². The van der Waals surface area contributed by atoms with Gasteiger partial charge >= 0.3 is 0 Å². The molecular formula is C23H29N3O. The number of benzene rings is 2. The van der Waals surface area contributed by atoms with Gasteiger partial charge in [-0.05, 0) is 24.6 Å². The molecule has 1 amide bonds. The fourth-order valence-corrected chi connectivity index (χ4v) is 3.22. The minimum atomic E-state index is 0.0899. The molecule has 1 N–H and O–H groups in total. The second kappa shape index (κ2) is 10.0. The van der Waals surface area contributed by atoms with Gasteiger partial charge in [0.1, 0.15) is 0 Å². The highest BCUT2D eigenvalue weighted by Gasteiger charge is 2.16. The average Bonchev–Trinajstić information content (AvgIpc) is 2.70. The summed E-state index contributed by atoms with van der Waals surface area (Å²) in [5, 5.41) is 2.98. The minimum Gasteiger partial charge on any atom is -0.326 e. The van der Waals surface area contributed by atoms with E-state index in [1.165, 1.54) is 11.1 Å². The Morgan fingerprint density at radius 3 is 2.33 bits per heavy atom. The van der Waals surface area contributed by atoms with Gasteiger partial charge < -0.3 is 10.2 Å². The van der Waals surface area contributed by atoms with Gasteiger partial charge in [-0.15, -0.1) is 0 Å². The lowest BCUT2D eigenvalue weighted by atomic mass is 10.2. The maximum absolute atomic E-state index is 12.1. The third-order valence-corrected chi connectivity index (χ3v) is 4.93. The van der Waals surface area contributed by atoms with E-state index in [1.807, 2.05) is 37.3 Å². The number of rotatable bonds is 7. The summed E-state index contributed by atoms with van der Waals surface area (Å²) in [4.78, 5) is 17.0. The van der Waals surface area contributed by atoms with Crippen LogP contribution in [-0.2, 0) is 4.79 Å². The third-order valence-electron chi connectivity index (χ3n) is 4.93. The first kappa shape index (κ1) is 19.3. The van der Waals surface area contributed by atoms with Crippen LogP contribution in [0.15, 0.2) is 60.7 Å². The van der Waals surface area contributed by atoms with Crippen molar-refractivity contribution in [3.63, 3.8) is 0 Å². The van der Waals surface area contributed by atoms with Gasteiger partial charge in [0.25, 0.3) is 0 Å². The lowest BCUT2D eigenvalue weighted by molar-refractivity contribution is -0.116. The molecule has 1 heterocycles. The molecule has 27 heavy (non-hydrogen) atoms. The van der Waals surface area contributed by atoms with Crippen molar-refractivity contribution in [3.8, 4) is 0 Å². The van der Waals surface area contributed by atoms with Gasteiger partial charge in [0, 0.05) is 51.4 Å². The fourth-order valence-electron chi connectivity index (χ4n) is 3.22. The van der Waals surface area contributed by atoms with Gasteiger partial charge in [-0.3, -0.25) is 9.69 Å². The SMILES string of the molecule is Cc1ccc(NC(=O)CCN2CCN(C/C=C\c3ccccc3)CC2)cc1. The molecule has 0 saturated carbocycles. The lowest BCUT2D eigenvalue weighted by Crippen LogP contribution is -2.46. The quantitative estimate of drug-likeness (QED) is 0.815. The second-order valence-corrected chi connectivity index (χ2v) is 7.12. The van der Waals surface area contributed by atoms with Gasteiger partial charge in [0.05, 0.1) is 0 Å². The summed E-state index contributed by atoms with van der Waals surface area (Å²) in [6.45, 7) is 8.01. The standard InChI is InChI=1S/C23H29N3O/c1-20-9-11-22(12-10-20)24-23(27)13-15-26-18-16-25(17-19-26)14-5-8-21-6-3-2-4-7-21/h2-12H,13-19H2,1H3,(H,24,27)/b8-5-. The van der Waals surface area contributed by atoms with Crippen LogP contribution in [0.25, 0.3) is 6.08 Å². The number of hydrogen-bond donors (Lipinski definition) is 1. The predicted octanol–water partition coefficient (Wildman–Crippen LogP) is 3.65. The third kappa shape index (κ3) is 6.66. The molecule has 2 aromatic carbocycles. The van der Waals surface area contributed by atoms with Crippen LogP contribution in [-0.4, -0.2) is 55.0 Å². The Labute approximate surface area is 162 Å². The van der Waals surface area contributed by atoms with Crippen molar-refractivity contribution in [2.24, 2.45) is 0 Å². The number of amides is 1. The number of hydrogen-bond acceptors (Lipinski definition) is 3. The van der Waals surface area contributed by atoms with Gasteiger partial charge in [0.2, 0.25) is 5.91 Å². The predicted molar refractivity (Wildman–Crippen MR) is 113 cm³/mol. The van der Waals surface area contributed by atoms with Crippen molar-refractivity contribution < 1.29 is 4.79 Å². The second-order valence-electron chi connectivity index (χ2n) is 7.12. The summed E-state index contributed by atoms with van der Waals surface area (Å²) in [7, 11) is 0. The largest absolute Gasteiger partial charge is 0.326 e. The smallest absolute Gasteiger partial charge is 0.225 e. The van der Waals surface area contributed by atoms with Crippen LogP contribution in [0.2, 0.25) is 0 Å². The molecule has 1 saturated heterocycles. The molecule has 0 unspecified atom stereocenters. The van der Waals surface area contributed by atoms with E-state index in [9.17, 15) is 4.79 Å². The fraction of sp³-hybridized carbons (Fsp3) is 0.348. The topological polar surface area (TPSA) is 35.6 Å². The number of aryl methyl sites for hydroxylation is 1. The molecule has 4 heteroatoms. The summed E-state index contributed by atoms with van der Waals surface area (Å²) in [5.41, 5.74) is 3.32. The Kier molecular flexibility index (Phi) is 7.19. The van der Waals surface area contributed by atoms with Crippen LogP contribution in [0.3, 0.4) is 0 Å². The first-order chi connectivity index (χ1) is 13.2. The number of carbonyl (C=O) groups excluding carboxylic acids is 1. The molecular weight excluding hydrogens is 334 g/mol. The first-order valence-electron chi connectivity index (χ1n) is 9.72. The van der Waals surface area contributed by atoms with Crippen molar-refractivity contribution in [2.75, 3.05) is 44.6 Å². The van der Waals surface area contributed by atoms with Gasteiger partial charge in [0.15, 0.2) is 0 Å². The number of piperazine rings is 1. The molecule has 0 radical (unpaired) electrons. The summed E-state index contributed by atoms with van der Waals surface area (Å²) in [6, 6.07) is 18.3. The molecule has 3 rings (SSSR count). The summed E-state index contributed by atoms with van der Waals surface area (Å²) < 4.78 is 0. The van der Waals surface area contributed by atoms with Crippen molar-refractivity contribution >= 4 is 17.7 Å². The summed E-state index contributed by atoms with van der Waals surface area (Å²) in [5.74, 6) is 0.0899. The Morgan fingerprint density at radius 1 is 0.963 bits per heavy atom. The zero-order valence-electron chi connectivity index (χ0n) is 16.1. The van der Waals surface area contributed by atoms with Crippen molar-refractivity contribution in [2.45, 2.75) is 13.3 Å². The van der Waals surface area contributed by atoms with E-state index in [2.05, 4.69) is 51.5 Å². The van der Waals surface area contributed by atoms with Crippen molar-refractivity contribution in [1.82, 2.24) is 9.80 Å². The van der Waals surface area contributed by atoms with Crippen LogP contribution >= 0.6 is 0 Å². The van der Waals surface area contributed by atoms with Crippen LogP contribution in [0, 0.1) is 6.92 Å². The van der Waals surface area contributed by atoms with E-state index in [0.717, 1.165) is 45.0 Å². The van der Waals surface area contributed by atoms with Gasteiger partial charge in [-0.1, -0.05) is 60.2 Å². The maximum atomic E-state index is 12.1. The highest BCUT2D eigenvalue weighted by molar-refractivity contribution is 5.90. The van der Waals surface area contributed by atoms with E-state index in [-0.39, 0.29) is 5.91 Å². The van der Waals surface area contributed by atoms with E-state index in [1.54, 1.807) is 0 Å². The highest BCUT2D eigenvalue weighted by Crippen LogP contribution is 2.10. The minimum absolute atomic E-state index is 0.0899. The number of carbonyl (C=O) groups is 1. The Morgan fingerprint density at radius 2 is 1.63 bits per heavy atom. The number of nitrogens with one attached hydrogen (secondary N) is 1. The molecule has 0 aromatic heterocycles. The van der Waals surface area contributed by atoms with Gasteiger partial charge in [-0.25, -0.2) is 0 Å². The van der Waals surface area contributed by atoms with Crippen LogP contribution in [0.5, 0.6) is 0 Å². The van der Waals surface area contributed by atoms with Crippen molar-refractivity contribution in [1.29, 1.82) is 0 Å². The van der Waals surface area contributed by atoms with E-state index < -0.39 is 0 Å². The van der Waals surface area contributed by atoms with Crippen LogP contribution in [0.4, 0.5) is 5.69 Å². The highest BCUT2D eigenvalue weighted by atomic mass is 16.1. The summed E-state index contributed by atoms with van der Waals surface area (Å²) in [6.07, 6.45) is 4.96. The molecule has 1 aliphatic heterocycles. The molecule has 0 aliphatic carbocycles. The van der Waals surface area contributed by atoms with Crippen LogP contribution in [0.1, 0.15) is 17.5 Å².